The summed E-state index contributed by atoms with van der Waals surface area (Å²) in [4.78, 5) is 23.9. The van der Waals surface area contributed by atoms with E-state index in [1.54, 1.807) is 7.11 Å². The Hall–Kier alpha value is -2.82. The minimum absolute atomic E-state index is 0.0575. The number of ether oxygens (including phenoxy) is 1. The van der Waals surface area contributed by atoms with Gasteiger partial charge >= 0.3 is 5.97 Å². The van der Waals surface area contributed by atoms with Crippen molar-refractivity contribution in [3.8, 4) is 5.75 Å². The van der Waals surface area contributed by atoms with Crippen molar-refractivity contribution < 1.29 is 14.6 Å². The molecule has 1 aliphatic heterocycles. The zero-order valence-corrected chi connectivity index (χ0v) is 16.0. The van der Waals surface area contributed by atoms with E-state index in [0.717, 1.165) is 29.0 Å². The Morgan fingerprint density at radius 3 is 2.63 bits per heavy atom. The first kappa shape index (κ1) is 17.6. The quantitative estimate of drug-likeness (QED) is 0.873. The van der Waals surface area contributed by atoms with Crippen LogP contribution in [0.4, 0.5) is 0 Å². The van der Waals surface area contributed by atoms with E-state index in [2.05, 4.69) is 26.8 Å². The van der Waals surface area contributed by atoms with Crippen molar-refractivity contribution in [1.29, 1.82) is 0 Å². The summed E-state index contributed by atoms with van der Waals surface area (Å²) in [5.74, 6) is -0.329. The molecule has 0 saturated heterocycles. The number of nitrogens with zero attached hydrogens (tertiary/aromatic N) is 1. The maximum Gasteiger partial charge on any atom is 0.341 e. The number of aromatic nitrogens is 1. The van der Waals surface area contributed by atoms with Gasteiger partial charge in [-0.2, -0.15) is 0 Å². The molecule has 5 nitrogen and oxygen atoms in total. The predicted octanol–water partition coefficient (Wildman–Crippen LogP) is 4.01. The second-order valence-electron chi connectivity index (χ2n) is 8.36. The molecular formula is C22H23NO4. The molecule has 140 valence electrons. The van der Waals surface area contributed by atoms with Gasteiger partial charge in [-0.3, -0.25) is 4.79 Å². The van der Waals surface area contributed by atoms with Crippen LogP contribution >= 0.6 is 0 Å². The third-order valence-corrected chi connectivity index (χ3v) is 5.75. The van der Waals surface area contributed by atoms with Crippen LogP contribution in [0.5, 0.6) is 5.75 Å². The van der Waals surface area contributed by atoms with Crippen molar-refractivity contribution in [3.05, 3.63) is 63.1 Å². The van der Waals surface area contributed by atoms with Crippen molar-refractivity contribution in [2.75, 3.05) is 7.11 Å². The van der Waals surface area contributed by atoms with E-state index in [1.807, 2.05) is 16.7 Å². The first-order valence-corrected chi connectivity index (χ1v) is 9.10. The SMILES string of the molecule is COc1cccc2c1CC1=C2C[C@@H](C(C)(C)C)n2cc(C(=O)O)c(=O)cc21. The molecule has 2 heterocycles. The average Bonchev–Trinajstić information content (AvgIpc) is 2.98. The number of benzene rings is 1. The summed E-state index contributed by atoms with van der Waals surface area (Å²) < 4.78 is 7.55. The lowest BCUT2D eigenvalue weighted by Gasteiger charge is -2.39. The van der Waals surface area contributed by atoms with Gasteiger partial charge in [0.2, 0.25) is 0 Å². The normalized spacial score (nSPS) is 18.0. The van der Waals surface area contributed by atoms with Crippen LogP contribution < -0.4 is 10.2 Å². The third kappa shape index (κ3) is 2.60. The number of pyridine rings is 1. The summed E-state index contributed by atoms with van der Waals surface area (Å²) >= 11 is 0. The first-order valence-electron chi connectivity index (χ1n) is 9.10. The zero-order chi connectivity index (χ0) is 19.5. The highest BCUT2D eigenvalue weighted by atomic mass is 16.5. The van der Waals surface area contributed by atoms with Gasteiger partial charge in [0.25, 0.3) is 0 Å². The number of methoxy groups -OCH3 is 1. The van der Waals surface area contributed by atoms with Gasteiger partial charge < -0.3 is 14.4 Å². The number of hydrogen-bond acceptors (Lipinski definition) is 3. The minimum atomic E-state index is -1.18. The van der Waals surface area contributed by atoms with E-state index in [1.165, 1.54) is 23.4 Å². The number of fused-ring (bicyclic) bond motifs is 4. The number of hydrogen-bond donors (Lipinski definition) is 1. The summed E-state index contributed by atoms with van der Waals surface area (Å²) in [7, 11) is 1.67. The summed E-state index contributed by atoms with van der Waals surface area (Å²) in [6, 6.07) is 7.62. The Balaban J connectivity index is 1.98. The molecule has 4 rings (SSSR count). The smallest absolute Gasteiger partial charge is 0.341 e. The lowest BCUT2D eigenvalue weighted by atomic mass is 9.78. The van der Waals surface area contributed by atoms with E-state index in [-0.39, 0.29) is 17.0 Å². The van der Waals surface area contributed by atoms with Gasteiger partial charge in [-0.1, -0.05) is 32.9 Å². The van der Waals surface area contributed by atoms with Gasteiger partial charge in [0.1, 0.15) is 11.3 Å². The molecule has 0 saturated carbocycles. The number of rotatable bonds is 2. The molecule has 27 heavy (non-hydrogen) atoms. The van der Waals surface area contributed by atoms with Crippen LogP contribution in [0.3, 0.4) is 0 Å². The van der Waals surface area contributed by atoms with Crippen molar-refractivity contribution in [2.24, 2.45) is 5.41 Å². The molecule has 5 heteroatoms. The lowest BCUT2D eigenvalue weighted by Crippen LogP contribution is -2.32. The maximum absolute atomic E-state index is 12.4. The van der Waals surface area contributed by atoms with E-state index >= 15 is 0 Å². The van der Waals surface area contributed by atoms with E-state index in [4.69, 9.17) is 4.74 Å². The Kier molecular flexibility index (Phi) is 3.81. The summed E-state index contributed by atoms with van der Waals surface area (Å²) in [6.07, 6.45) is 3.02. The van der Waals surface area contributed by atoms with E-state index in [9.17, 15) is 14.7 Å². The highest BCUT2D eigenvalue weighted by Gasteiger charge is 2.38. The van der Waals surface area contributed by atoms with E-state index in [0.29, 0.717) is 6.42 Å². The Morgan fingerprint density at radius 1 is 1.26 bits per heavy atom. The molecule has 0 spiro atoms. The molecule has 1 aromatic heterocycles. The monoisotopic (exact) mass is 365 g/mol. The van der Waals surface area contributed by atoms with Gasteiger partial charge in [-0.15, -0.1) is 0 Å². The van der Waals surface area contributed by atoms with Crippen molar-refractivity contribution >= 4 is 17.1 Å². The molecule has 1 atom stereocenters. The fourth-order valence-corrected chi connectivity index (χ4v) is 4.37. The van der Waals surface area contributed by atoms with Crippen LogP contribution in [-0.4, -0.2) is 22.8 Å². The standard InChI is InChI=1S/C22H23NO4/c1-22(2,3)20-9-13-12-6-5-7-19(27-4)15(12)8-14(13)17-10-18(24)16(21(25)26)11-23(17)20/h5-7,10-11,20H,8-9H2,1-4H3,(H,25,26)/t20-/m0/s1. The Morgan fingerprint density at radius 2 is 2.00 bits per heavy atom. The van der Waals surface area contributed by atoms with Crippen molar-refractivity contribution in [3.63, 3.8) is 0 Å². The average molecular weight is 365 g/mol. The lowest BCUT2D eigenvalue weighted by molar-refractivity contribution is 0.0693. The van der Waals surface area contributed by atoms with Gasteiger partial charge in [-0.05, 0) is 34.6 Å². The Bertz CT molecular complexity index is 1050. The Labute approximate surface area is 157 Å². The van der Waals surface area contributed by atoms with Crippen LogP contribution in [0.2, 0.25) is 0 Å². The van der Waals surface area contributed by atoms with Crippen LogP contribution in [0.15, 0.2) is 35.3 Å². The molecule has 1 aromatic carbocycles. The molecule has 0 fully saturated rings. The third-order valence-electron chi connectivity index (χ3n) is 5.75. The van der Waals surface area contributed by atoms with Crippen LogP contribution in [0.25, 0.3) is 11.1 Å². The molecule has 0 radical (unpaired) electrons. The summed E-state index contributed by atoms with van der Waals surface area (Å²) in [6.45, 7) is 6.44. The molecule has 2 aliphatic rings. The molecule has 1 N–H and O–H groups in total. The topological polar surface area (TPSA) is 68.5 Å². The minimum Gasteiger partial charge on any atom is -0.496 e. The van der Waals surface area contributed by atoms with Crippen molar-refractivity contribution in [1.82, 2.24) is 4.57 Å². The highest BCUT2D eigenvalue weighted by molar-refractivity contribution is 5.98. The second-order valence-corrected chi connectivity index (χ2v) is 8.36. The number of allylic oxidation sites excluding steroid dienone is 2. The summed E-state index contributed by atoms with van der Waals surface area (Å²) in [5, 5.41) is 9.41. The fourth-order valence-electron chi connectivity index (χ4n) is 4.37. The molecule has 0 amide bonds. The van der Waals surface area contributed by atoms with Crippen molar-refractivity contribution in [2.45, 2.75) is 39.7 Å². The second kappa shape index (κ2) is 5.84. The van der Waals surface area contributed by atoms with E-state index < -0.39 is 11.4 Å². The van der Waals surface area contributed by atoms with Gasteiger partial charge in [0.15, 0.2) is 5.43 Å². The number of carbonyl (C=O) groups is 1. The van der Waals surface area contributed by atoms with Crippen LogP contribution in [0.1, 0.15) is 60.4 Å². The van der Waals surface area contributed by atoms with Gasteiger partial charge in [-0.25, -0.2) is 4.79 Å². The number of carboxylic acids is 1. The first-order chi connectivity index (χ1) is 12.7. The molecule has 2 aromatic rings. The molecule has 0 bridgehead atoms. The van der Waals surface area contributed by atoms with Gasteiger partial charge in [0.05, 0.1) is 7.11 Å². The largest absolute Gasteiger partial charge is 0.496 e. The molecular weight excluding hydrogens is 342 g/mol. The predicted molar refractivity (Wildman–Crippen MR) is 104 cm³/mol. The van der Waals surface area contributed by atoms with Gasteiger partial charge in [0, 0.05) is 36.0 Å². The van der Waals surface area contributed by atoms with Crippen LogP contribution in [0, 0.1) is 5.41 Å². The summed E-state index contributed by atoms with van der Waals surface area (Å²) in [5.41, 5.74) is 4.77. The molecule has 1 aliphatic carbocycles. The maximum atomic E-state index is 12.4. The zero-order valence-electron chi connectivity index (χ0n) is 16.0. The van der Waals surface area contributed by atoms with Crippen LogP contribution in [-0.2, 0) is 6.42 Å². The highest BCUT2D eigenvalue weighted by Crippen LogP contribution is 2.51. The number of aromatic carboxylic acids is 1. The fraction of sp³-hybridized carbons (Fsp3) is 0.364. The number of carboxylic acid groups (broad SMARTS) is 1. The molecule has 0 unspecified atom stereocenters.